The van der Waals surface area contributed by atoms with E-state index in [2.05, 4.69) is 0 Å². The third-order valence-corrected chi connectivity index (χ3v) is 2.07. The van der Waals surface area contributed by atoms with Crippen molar-refractivity contribution >= 4 is 5.97 Å². The summed E-state index contributed by atoms with van der Waals surface area (Å²) in [5, 5.41) is 8.47. The third kappa shape index (κ3) is 3.06. The molecule has 16 heavy (non-hydrogen) atoms. The van der Waals surface area contributed by atoms with Gasteiger partial charge in [-0.15, -0.1) is 0 Å². The maximum absolute atomic E-state index is 13.0. The first-order valence-electron chi connectivity index (χ1n) is 5.01. The lowest BCUT2D eigenvalue weighted by Gasteiger charge is -2.07. The van der Waals surface area contributed by atoms with Crippen LogP contribution < -0.4 is 0 Å². The highest BCUT2D eigenvalue weighted by Gasteiger charge is 2.13. The van der Waals surface area contributed by atoms with Gasteiger partial charge in [0.15, 0.2) is 0 Å². The molecule has 0 saturated carbocycles. The molecule has 0 aliphatic carbocycles. The van der Waals surface area contributed by atoms with Gasteiger partial charge in [-0.3, -0.25) is 0 Å². The summed E-state index contributed by atoms with van der Waals surface area (Å²) < 4.78 is 17.8. The molecule has 1 aromatic rings. The molecule has 0 amide bonds. The van der Waals surface area contributed by atoms with Crippen molar-refractivity contribution in [2.24, 2.45) is 0 Å². The summed E-state index contributed by atoms with van der Waals surface area (Å²) in [6.45, 7) is 1.93. The first-order valence-corrected chi connectivity index (χ1v) is 5.01. The van der Waals surface area contributed by atoms with Crippen molar-refractivity contribution in [3.63, 3.8) is 0 Å². The minimum atomic E-state index is -0.546. The maximum Gasteiger partial charge on any atom is 0.338 e. The average Bonchev–Trinajstić information content (AvgIpc) is 2.27. The van der Waals surface area contributed by atoms with E-state index in [1.807, 2.05) is 6.07 Å². The number of aryl methyl sites for hydroxylation is 1. The predicted molar refractivity (Wildman–Crippen MR) is 56.3 cm³/mol. The van der Waals surface area contributed by atoms with Crippen LogP contribution in [0, 0.1) is 17.1 Å². The summed E-state index contributed by atoms with van der Waals surface area (Å²) >= 11 is 0. The molecule has 0 spiro atoms. The Bertz CT molecular complexity index is 424. The van der Waals surface area contributed by atoms with Crippen molar-refractivity contribution < 1.29 is 13.9 Å². The normalized spacial score (nSPS) is 9.56. The fraction of sp³-hybridized carbons (Fsp3) is 0.333. The van der Waals surface area contributed by atoms with Gasteiger partial charge in [-0.1, -0.05) is 6.07 Å². The smallest absolute Gasteiger partial charge is 0.338 e. The number of carbonyl (C=O) groups excluding carboxylic acids is 1. The van der Waals surface area contributed by atoms with E-state index in [1.165, 1.54) is 12.1 Å². The van der Waals surface area contributed by atoms with Crippen LogP contribution >= 0.6 is 0 Å². The zero-order valence-electron chi connectivity index (χ0n) is 9.00. The van der Waals surface area contributed by atoms with Crippen LogP contribution in [0.2, 0.25) is 0 Å². The quantitative estimate of drug-likeness (QED) is 0.734. The monoisotopic (exact) mass is 221 g/mol. The molecule has 0 heterocycles. The van der Waals surface area contributed by atoms with Gasteiger partial charge in [0.25, 0.3) is 0 Å². The fourth-order valence-corrected chi connectivity index (χ4v) is 1.36. The SMILES string of the molecule is CCOC(=O)c1cc(F)ccc1CCC#N. The molecule has 0 fully saturated rings. The summed E-state index contributed by atoms with van der Waals surface area (Å²) in [7, 11) is 0. The van der Waals surface area contributed by atoms with Gasteiger partial charge in [0.2, 0.25) is 0 Å². The zero-order valence-corrected chi connectivity index (χ0v) is 9.00. The summed E-state index contributed by atoms with van der Waals surface area (Å²) in [6.07, 6.45) is 0.711. The van der Waals surface area contributed by atoms with Crippen LogP contribution in [0.3, 0.4) is 0 Å². The number of esters is 1. The van der Waals surface area contributed by atoms with Gasteiger partial charge in [-0.25, -0.2) is 9.18 Å². The molecule has 1 rings (SSSR count). The standard InChI is InChI=1S/C12H12FNO2/c1-2-16-12(15)11-8-10(13)6-5-9(11)4-3-7-14/h5-6,8H,2-4H2,1H3. The molecule has 0 atom stereocenters. The third-order valence-electron chi connectivity index (χ3n) is 2.07. The van der Waals surface area contributed by atoms with E-state index in [0.717, 1.165) is 6.07 Å². The molecule has 0 saturated heterocycles. The molecule has 0 radical (unpaired) electrons. The zero-order chi connectivity index (χ0) is 12.0. The Hall–Kier alpha value is -1.89. The van der Waals surface area contributed by atoms with Crippen molar-refractivity contribution in [1.29, 1.82) is 5.26 Å². The van der Waals surface area contributed by atoms with Gasteiger partial charge in [-0.05, 0) is 31.0 Å². The van der Waals surface area contributed by atoms with E-state index in [1.54, 1.807) is 6.92 Å². The molecule has 4 heteroatoms. The molecular weight excluding hydrogens is 209 g/mol. The molecule has 3 nitrogen and oxygen atoms in total. The van der Waals surface area contributed by atoms with Gasteiger partial charge in [-0.2, -0.15) is 5.26 Å². The number of benzene rings is 1. The molecule has 84 valence electrons. The maximum atomic E-state index is 13.0. The van der Waals surface area contributed by atoms with E-state index in [4.69, 9.17) is 10.00 Å². The van der Waals surface area contributed by atoms with Gasteiger partial charge >= 0.3 is 5.97 Å². The Kier molecular flexibility index (Phi) is 4.46. The largest absolute Gasteiger partial charge is 0.462 e. The lowest BCUT2D eigenvalue weighted by atomic mass is 10.0. The highest BCUT2D eigenvalue weighted by molar-refractivity contribution is 5.91. The molecule has 0 unspecified atom stereocenters. The highest BCUT2D eigenvalue weighted by Crippen LogP contribution is 2.14. The topological polar surface area (TPSA) is 50.1 Å². The van der Waals surface area contributed by atoms with Gasteiger partial charge < -0.3 is 4.74 Å². The molecule has 0 aliphatic heterocycles. The minimum absolute atomic E-state index is 0.206. The second-order valence-corrected chi connectivity index (χ2v) is 3.18. The van der Waals surface area contributed by atoms with Gasteiger partial charge in [0.05, 0.1) is 18.2 Å². The van der Waals surface area contributed by atoms with Crippen molar-refractivity contribution in [2.75, 3.05) is 6.61 Å². The molecule has 0 aliphatic rings. The van der Waals surface area contributed by atoms with Crippen LogP contribution in [-0.2, 0) is 11.2 Å². The average molecular weight is 221 g/mol. The van der Waals surface area contributed by atoms with E-state index in [9.17, 15) is 9.18 Å². The summed E-state index contributed by atoms with van der Waals surface area (Å²) in [6, 6.07) is 5.91. The van der Waals surface area contributed by atoms with Crippen molar-refractivity contribution in [3.05, 3.63) is 35.1 Å². The van der Waals surface area contributed by atoms with Crippen molar-refractivity contribution in [2.45, 2.75) is 19.8 Å². The first-order chi connectivity index (χ1) is 7.69. The summed E-state index contributed by atoms with van der Waals surface area (Å²) in [4.78, 5) is 11.5. The van der Waals surface area contributed by atoms with Crippen LogP contribution in [0.15, 0.2) is 18.2 Å². The number of carbonyl (C=O) groups is 1. The number of halogens is 1. The Morgan fingerprint density at radius 3 is 2.94 bits per heavy atom. The lowest BCUT2D eigenvalue weighted by molar-refractivity contribution is 0.0524. The second kappa shape index (κ2) is 5.86. The van der Waals surface area contributed by atoms with Crippen LogP contribution in [0.4, 0.5) is 4.39 Å². The summed E-state index contributed by atoms with van der Waals surface area (Å²) in [5.74, 6) is -1.03. The lowest BCUT2D eigenvalue weighted by Crippen LogP contribution is -2.08. The molecule has 0 bridgehead atoms. The number of nitrogens with zero attached hydrogens (tertiary/aromatic N) is 1. The van der Waals surface area contributed by atoms with E-state index >= 15 is 0 Å². The summed E-state index contributed by atoms with van der Waals surface area (Å²) in [5.41, 5.74) is 0.846. The second-order valence-electron chi connectivity index (χ2n) is 3.18. The van der Waals surface area contributed by atoms with E-state index in [-0.39, 0.29) is 18.6 Å². The number of rotatable bonds is 4. The Balaban J connectivity index is 2.98. The molecule has 1 aromatic carbocycles. The molecular formula is C12H12FNO2. The highest BCUT2D eigenvalue weighted by atomic mass is 19.1. The first kappa shape index (κ1) is 12.2. The van der Waals surface area contributed by atoms with Gasteiger partial charge in [0, 0.05) is 6.42 Å². The van der Waals surface area contributed by atoms with E-state index in [0.29, 0.717) is 12.0 Å². The van der Waals surface area contributed by atoms with Crippen LogP contribution in [0.25, 0.3) is 0 Å². The Labute approximate surface area is 93.5 Å². The van der Waals surface area contributed by atoms with Crippen LogP contribution in [0.5, 0.6) is 0 Å². The number of hydrogen-bond acceptors (Lipinski definition) is 3. The molecule has 0 N–H and O–H groups in total. The molecule has 0 aromatic heterocycles. The number of hydrogen-bond donors (Lipinski definition) is 0. The van der Waals surface area contributed by atoms with Crippen molar-refractivity contribution in [1.82, 2.24) is 0 Å². The number of nitriles is 1. The van der Waals surface area contributed by atoms with Crippen LogP contribution in [-0.4, -0.2) is 12.6 Å². The van der Waals surface area contributed by atoms with Crippen LogP contribution in [0.1, 0.15) is 29.3 Å². The Morgan fingerprint density at radius 2 is 2.31 bits per heavy atom. The van der Waals surface area contributed by atoms with Crippen molar-refractivity contribution in [3.8, 4) is 6.07 Å². The minimum Gasteiger partial charge on any atom is -0.462 e. The Morgan fingerprint density at radius 1 is 1.56 bits per heavy atom. The van der Waals surface area contributed by atoms with E-state index < -0.39 is 11.8 Å². The fourth-order valence-electron chi connectivity index (χ4n) is 1.36. The van der Waals surface area contributed by atoms with Gasteiger partial charge in [0.1, 0.15) is 5.82 Å². The predicted octanol–water partition coefficient (Wildman–Crippen LogP) is 2.46. The number of ether oxygens (including phenoxy) is 1.